The number of thioether (sulfide) groups is 1. The van der Waals surface area contributed by atoms with Crippen LogP contribution in [0, 0.1) is 6.92 Å². The van der Waals surface area contributed by atoms with Gasteiger partial charge < -0.3 is 9.47 Å². The van der Waals surface area contributed by atoms with E-state index in [1.807, 2.05) is 30.8 Å². The largest absolute Gasteiger partial charge is 0.488 e. The molecular weight excluding hydrogens is 338 g/mol. The molecule has 0 amide bonds. The van der Waals surface area contributed by atoms with Crippen molar-refractivity contribution in [3.8, 4) is 5.75 Å². The van der Waals surface area contributed by atoms with Crippen molar-refractivity contribution in [1.82, 2.24) is 4.98 Å². The van der Waals surface area contributed by atoms with E-state index in [0.29, 0.717) is 0 Å². The van der Waals surface area contributed by atoms with E-state index >= 15 is 0 Å². The van der Waals surface area contributed by atoms with Gasteiger partial charge in [0, 0.05) is 29.6 Å². The second-order valence-electron chi connectivity index (χ2n) is 5.60. The number of rotatable bonds is 3. The van der Waals surface area contributed by atoms with Crippen LogP contribution in [0.1, 0.15) is 30.7 Å². The molecule has 3 rings (SSSR count). The summed E-state index contributed by atoms with van der Waals surface area (Å²) in [7, 11) is 0. The Balaban J connectivity index is 1.71. The fourth-order valence-corrected chi connectivity index (χ4v) is 4.71. The van der Waals surface area contributed by atoms with Crippen LogP contribution in [0.15, 0.2) is 12.1 Å². The van der Waals surface area contributed by atoms with Gasteiger partial charge >= 0.3 is 0 Å². The molecule has 1 aromatic rings. The molecule has 3 nitrogen and oxygen atoms in total. The molecule has 1 spiro atoms. The number of aromatic nitrogens is 1. The van der Waals surface area contributed by atoms with Crippen LogP contribution >= 0.6 is 27.7 Å². The zero-order valence-corrected chi connectivity index (χ0v) is 14.1. The Morgan fingerprint density at radius 3 is 3.20 bits per heavy atom. The van der Waals surface area contributed by atoms with Gasteiger partial charge in [0.1, 0.15) is 11.9 Å². The van der Waals surface area contributed by atoms with E-state index in [-0.39, 0.29) is 11.7 Å². The Labute approximate surface area is 133 Å². The van der Waals surface area contributed by atoms with Crippen molar-refractivity contribution in [2.24, 2.45) is 0 Å². The molecule has 0 aliphatic carbocycles. The first kappa shape index (κ1) is 14.7. The van der Waals surface area contributed by atoms with Crippen LogP contribution in [0.3, 0.4) is 0 Å². The van der Waals surface area contributed by atoms with Crippen molar-refractivity contribution >= 4 is 27.7 Å². The molecule has 2 unspecified atom stereocenters. The molecule has 0 aromatic carbocycles. The van der Waals surface area contributed by atoms with E-state index in [4.69, 9.17) is 9.47 Å². The molecule has 2 aliphatic heterocycles. The number of aryl methyl sites for hydroxylation is 1. The lowest BCUT2D eigenvalue weighted by Gasteiger charge is -2.37. The topological polar surface area (TPSA) is 31.4 Å². The van der Waals surface area contributed by atoms with Gasteiger partial charge in [-0.2, -0.15) is 11.8 Å². The maximum atomic E-state index is 6.24. The molecule has 0 saturated carbocycles. The molecule has 0 bridgehead atoms. The smallest absolute Gasteiger partial charge is 0.142 e. The van der Waals surface area contributed by atoms with Gasteiger partial charge in [-0.05, 0) is 31.2 Å². The minimum Gasteiger partial charge on any atom is -0.488 e. The lowest BCUT2D eigenvalue weighted by molar-refractivity contribution is -0.0960. The molecule has 3 heterocycles. The van der Waals surface area contributed by atoms with Gasteiger partial charge in [-0.3, -0.25) is 4.98 Å². The second-order valence-corrected chi connectivity index (χ2v) is 7.26. The van der Waals surface area contributed by atoms with Crippen LogP contribution in [-0.4, -0.2) is 34.8 Å². The van der Waals surface area contributed by atoms with Gasteiger partial charge in [0.05, 0.1) is 17.9 Å². The van der Waals surface area contributed by atoms with Gasteiger partial charge in [-0.1, -0.05) is 15.9 Å². The second kappa shape index (κ2) is 6.24. The number of ether oxygens (including phenoxy) is 2. The Morgan fingerprint density at radius 1 is 1.55 bits per heavy atom. The summed E-state index contributed by atoms with van der Waals surface area (Å²) in [6, 6.07) is 4.06. The van der Waals surface area contributed by atoms with Crippen LogP contribution in [0.25, 0.3) is 0 Å². The zero-order valence-electron chi connectivity index (χ0n) is 11.7. The molecule has 2 saturated heterocycles. The van der Waals surface area contributed by atoms with Crippen LogP contribution in [0.2, 0.25) is 0 Å². The van der Waals surface area contributed by atoms with Crippen LogP contribution < -0.4 is 4.74 Å². The highest BCUT2D eigenvalue weighted by Crippen LogP contribution is 2.39. The molecule has 2 atom stereocenters. The first-order chi connectivity index (χ1) is 9.71. The molecule has 110 valence electrons. The van der Waals surface area contributed by atoms with E-state index in [0.717, 1.165) is 54.1 Å². The summed E-state index contributed by atoms with van der Waals surface area (Å²) >= 11 is 5.49. The van der Waals surface area contributed by atoms with Crippen molar-refractivity contribution in [2.45, 2.75) is 43.2 Å². The third-order valence-corrected chi connectivity index (χ3v) is 5.76. The molecule has 2 fully saturated rings. The first-order valence-corrected chi connectivity index (χ1v) is 9.39. The summed E-state index contributed by atoms with van der Waals surface area (Å²) in [5.74, 6) is 3.25. The predicted octanol–water partition coefficient (Wildman–Crippen LogP) is 3.72. The van der Waals surface area contributed by atoms with E-state index < -0.39 is 0 Å². The van der Waals surface area contributed by atoms with Crippen molar-refractivity contribution < 1.29 is 9.47 Å². The third kappa shape index (κ3) is 3.15. The van der Waals surface area contributed by atoms with Crippen molar-refractivity contribution in [3.63, 3.8) is 0 Å². The molecule has 0 radical (unpaired) electrons. The summed E-state index contributed by atoms with van der Waals surface area (Å²) in [6.07, 6.45) is 3.40. The summed E-state index contributed by atoms with van der Waals surface area (Å²) < 4.78 is 12.3. The maximum absolute atomic E-state index is 6.24. The highest BCUT2D eigenvalue weighted by atomic mass is 79.9. The predicted molar refractivity (Wildman–Crippen MR) is 85.9 cm³/mol. The summed E-state index contributed by atoms with van der Waals surface area (Å²) in [4.78, 5) is 4.54. The SMILES string of the molecule is Cc1ccc(OC2CCOC3(CCSC3)C2)c(CBr)n1. The summed E-state index contributed by atoms with van der Waals surface area (Å²) in [6.45, 7) is 2.82. The minimum atomic E-state index is 0.0697. The fourth-order valence-electron chi connectivity index (χ4n) is 2.93. The fraction of sp³-hybridized carbons (Fsp3) is 0.667. The number of hydrogen-bond donors (Lipinski definition) is 0. The van der Waals surface area contributed by atoms with E-state index in [1.165, 1.54) is 5.75 Å². The number of halogens is 1. The average molecular weight is 358 g/mol. The molecule has 1 aromatic heterocycles. The van der Waals surface area contributed by atoms with Crippen LogP contribution in [0.4, 0.5) is 0 Å². The molecule has 5 heteroatoms. The molecular formula is C15H20BrNO2S. The van der Waals surface area contributed by atoms with E-state index in [2.05, 4.69) is 20.9 Å². The Hall–Kier alpha value is -0.260. The molecule has 2 aliphatic rings. The van der Waals surface area contributed by atoms with Crippen LogP contribution in [-0.2, 0) is 10.1 Å². The Bertz CT molecular complexity index is 477. The number of hydrogen-bond acceptors (Lipinski definition) is 4. The van der Waals surface area contributed by atoms with E-state index in [1.54, 1.807) is 0 Å². The van der Waals surface area contributed by atoms with Gasteiger partial charge in [-0.25, -0.2) is 0 Å². The summed E-state index contributed by atoms with van der Waals surface area (Å²) in [5, 5.41) is 0.730. The zero-order chi connectivity index (χ0) is 14.0. The third-order valence-electron chi connectivity index (χ3n) is 4.01. The van der Waals surface area contributed by atoms with Gasteiger partial charge in [0.25, 0.3) is 0 Å². The lowest BCUT2D eigenvalue weighted by atomic mass is 9.91. The number of nitrogens with zero attached hydrogens (tertiary/aromatic N) is 1. The average Bonchev–Trinajstić information content (AvgIpc) is 2.89. The maximum Gasteiger partial charge on any atom is 0.142 e. The lowest BCUT2D eigenvalue weighted by Crippen LogP contribution is -2.43. The van der Waals surface area contributed by atoms with Gasteiger partial charge in [0.2, 0.25) is 0 Å². The van der Waals surface area contributed by atoms with Crippen molar-refractivity contribution in [1.29, 1.82) is 0 Å². The Kier molecular flexibility index (Phi) is 4.58. The van der Waals surface area contributed by atoms with E-state index in [9.17, 15) is 0 Å². The van der Waals surface area contributed by atoms with Crippen LogP contribution in [0.5, 0.6) is 5.75 Å². The molecule has 20 heavy (non-hydrogen) atoms. The summed E-state index contributed by atoms with van der Waals surface area (Å²) in [5.41, 5.74) is 2.09. The van der Waals surface area contributed by atoms with Crippen molar-refractivity contribution in [3.05, 3.63) is 23.5 Å². The Morgan fingerprint density at radius 2 is 2.45 bits per heavy atom. The van der Waals surface area contributed by atoms with Gasteiger partial charge in [0.15, 0.2) is 0 Å². The standard InChI is InChI=1S/C15H20BrNO2S/c1-11-2-3-14(13(9-16)17-11)19-12-4-6-18-15(8-12)5-7-20-10-15/h2-3,12H,4-10H2,1H3. The van der Waals surface area contributed by atoms with Crippen molar-refractivity contribution in [2.75, 3.05) is 18.1 Å². The minimum absolute atomic E-state index is 0.0697. The first-order valence-electron chi connectivity index (χ1n) is 7.12. The number of alkyl halides is 1. The highest BCUT2D eigenvalue weighted by molar-refractivity contribution is 9.08. The monoisotopic (exact) mass is 357 g/mol. The normalized spacial score (nSPS) is 29.8. The number of pyridine rings is 1. The molecule has 0 N–H and O–H groups in total. The van der Waals surface area contributed by atoms with Gasteiger partial charge in [-0.15, -0.1) is 0 Å². The quantitative estimate of drug-likeness (QED) is 0.771. The highest BCUT2D eigenvalue weighted by Gasteiger charge is 2.41.